The van der Waals surface area contributed by atoms with Crippen molar-refractivity contribution in [1.29, 1.82) is 0 Å². The van der Waals surface area contributed by atoms with Crippen molar-refractivity contribution >= 4 is 16.0 Å². The Bertz CT molecular complexity index is 502. The molecule has 0 atom stereocenters. The van der Waals surface area contributed by atoms with Crippen molar-refractivity contribution in [2.45, 2.75) is 18.7 Å². The van der Waals surface area contributed by atoms with Gasteiger partial charge in [-0.3, -0.25) is 4.79 Å². The molecular formula is C11H15NO4S. The first kappa shape index (κ1) is 13.7. The van der Waals surface area contributed by atoms with E-state index in [0.29, 0.717) is 0 Å². The highest BCUT2D eigenvalue weighted by molar-refractivity contribution is 7.89. The van der Waals surface area contributed by atoms with E-state index in [1.165, 1.54) is 7.11 Å². The molecule has 94 valence electrons. The molecule has 0 heterocycles. The molecule has 0 aromatic heterocycles. The monoisotopic (exact) mass is 257 g/mol. The first-order valence-corrected chi connectivity index (χ1v) is 6.48. The summed E-state index contributed by atoms with van der Waals surface area (Å²) in [6.07, 6.45) is 0. The summed E-state index contributed by atoms with van der Waals surface area (Å²) in [5, 5.41) is 0. The minimum atomic E-state index is -3.66. The van der Waals surface area contributed by atoms with Gasteiger partial charge in [0.1, 0.15) is 6.54 Å². The van der Waals surface area contributed by atoms with E-state index in [1.54, 1.807) is 12.1 Å². The summed E-state index contributed by atoms with van der Waals surface area (Å²) in [7, 11) is -2.46. The normalized spacial score (nSPS) is 11.2. The van der Waals surface area contributed by atoms with Gasteiger partial charge in [0, 0.05) is 0 Å². The maximum atomic E-state index is 11.8. The first-order chi connectivity index (χ1) is 7.85. The molecule has 0 fully saturated rings. The zero-order valence-corrected chi connectivity index (χ0v) is 10.8. The standard InChI is InChI=1S/C11H15NO4S/c1-8-4-9(2)6-10(5-8)17(14,15)12-7-11(13)16-3/h4-6,12H,7H2,1-3H3. The number of hydrogen-bond donors (Lipinski definition) is 1. The van der Waals surface area contributed by atoms with Crippen molar-refractivity contribution < 1.29 is 17.9 Å². The number of rotatable bonds is 4. The average molecular weight is 257 g/mol. The SMILES string of the molecule is COC(=O)CNS(=O)(=O)c1cc(C)cc(C)c1. The highest BCUT2D eigenvalue weighted by Gasteiger charge is 2.16. The Kier molecular flexibility index (Phi) is 4.25. The predicted molar refractivity (Wildman–Crippen MR) is 63.1 cm³/mol. The minimum absolute atomic E-state index is 0.152. The number of hydrogen-bond acceptors (Lipinski definition) is 4. The van der Waals surface area contributed by atoms with Crippen LogP contribution in [0.15, 0.2) is 23.1 Å². The summed E-state index contributed by atoms with van der Waals surface area (Å²) < 4.78 is 30.2. The molecule has 1 N–H and O–H groups in total. The minimum Gasteiger partial charge on any atom is -0.468 e. The molecule has 6 heteroatoms. The highest BCUT2D eigenvalue weighted by atomic mass is 32.2. The molecule has 0 aliphatic heterocycles. The lowest BCUT2D eigenvalue weighted by Crippen LogP contribution is -2.30. The third-order valence-corrected chi connectivity index (χ3v) is 3.52. The van der Waals surface area contributed by atoms with Crippen molar-refractivity contribution in [2.75, 3.05) is 13.7 Å². The molecule has 5 nitrogen and oxygen atoms in total. The molecule has 0 aliphatic rings. The smallest absolute Gasteiger partial charge is 0.320 e. The fourth-order valence-corrected chi connectivity index (χ4v) is 2.55. The van der Waals surface area contributed by atoms with Crippen LogP contribution >= 0.6 is 0 Å². The fraction of sp³-hybridized carbons (Fsp3) is 0.364. The van der Waals surface area contributed by atoms with Gasteiger partial charge in [-0.2, -0.15) is 4.72 Å². The van der Waals surface area contributed by atoms with Crippen molar-refractivity contribution in [1.82, 2.24) is 4.72 Å². The van der Waals surface area contributed by atoms with E-state index < -0.39 is 16.0 Å². The zero-order valence-electron chi connectivity index (χ0n) is 9.98. The van der Waals surface area contributed by atoms with E-state index in [4.69, 9.17) is 0 Å². The second-order valence-corrected chi connectivity index (χ2v) is 5.49. The second-order valence-electron chi connectivity index (χ2n) is 3.72. The number of benzene rings is 1. The fourth-order valence-electron chi connectivity index (χ4n) is 1.40. The van der Waals surface area contributed by atoms with Gasteiger partial charge in [-0.25, -0.2) is 8.42 Å². The quantitative estimate of drug-likeness (QED) is 0.808. The van der Waals surface area contributed by atoms with Crippen LogP contribution in [0, 0.1) is 13.8 Å². The summed E-state index contributed by atoms with van der Waals surface area (Å²) in [6.45, 7) is 3.25. The molecule has 0 saturated heterocycles. The zero-order chi connectivity index (χ0) is 13.1. The van der Waals surface area contributed by atoms with Crippen LogP contribution in [-0.2, 0) is 19.6 Å². The van der Waals surface area contributed by atoms with Crippen molar-refractivity contribution in [3.63, 3.8) is 0 Å². The summed E-state index contributed by atoms with van der Waals surface area (Å²) in [4.78, 5) is 11.0. The number of carbonyl (C=O) groups is 1. The lowest BCUT2D eigenvalue weighted by molar-refractivity contribution is -0.139. The molecule has 0 amide bonds. The first-order valence-electron chi connectivity index (χ1n) is 5.00. The second kappa shape index (κ2) is 5.29. The number of sulfonamides is 1. The van der Waals surface area contributed by atoms with E-state index in [9.17, 15) is 13.2 Å². The van der Waals surface area contributed by atoms with Gasteiger partial charge in [-0.15, -0.1) is 0 Å². The Balaban J connectivity index is 2.93. The van der Waals surface area contributed by atoms with Crippen LogP contribution in [0.2, 0.25) is 0 Å². The number of esters is 1. The molecule has 1 rings (SSSR count). The van der Waals surface area contributed by atoms with Crippen molar-refractivity contribution in [3.8, 4) is 0 Å². The molecule has 1 aromatic carbocycles. The molecule has 0 saturated carbocycles. The maximum absolute atomic E-state index is 11.8. The Morgan fingerprint density at radius 3 is 2.24 bits per heavy atom. The maximum Gasteiger partial charge on any atom is 0.320 e. The highest BCUT2D eigenvalue weighted by Crippen LogP contribution is 2.13. The van der Waals surface area contributed by atoms with Gasteiger partial charge in [-0.1, -0.05) is 6.07 Å². The van der Waals surface area contributed by atoms with Crippen LogP contribution in [0.5, 0.6) is 0 Å². The average Bonchev–Trinajstić information content (AvgIpc) is 2.24. The molecule has 17 heavy (non-hydrogen) atoms. The third-order valence-electron chi connectivity index (χ3n) is 2.14. The number of ether oxygens (including phenoxy) is 1. The van der Waals surface area contributed by atoms with Crippen molar-refractivity contribution in [3.05, 3.63) is 29.3 Å². The van der Waals surface area contributed by atoms with Gasteiger partial charge >= 0.3 is 5.97 Å². The van der Waals surface area contributed by atoms with E-state index in [-0.39, 0.29) is 11.4 Å². The van der Waals surface area contributed by atoms with Crippen LogP contribution in [0.1, 0.15) is 11.1 Å². The summed E-state index contributed by atoms with van der Waals surface area (Å²) in [5.74, 6) is -0.627. The van der Waals surface area contributed by atoms with Gasteiger partial charge in [-0.05, 0) is 37.1 Å². The van der Waals surface area contributed by atoms with Gasteiger partial charge in [0.15, 0.2) is 0 Å². The van der Waals surface area contributed by atoms with Crippen LogP contribution in [0.3, 0.4) is 0 Å². The lowest BCUT2D eigenvalue weighted by atomic mass is 10.2. The van der Waals surface area contributed by atoms with Gasteiger partial charge in [0.05, 0.1) is 12.0 Å². The van der Waals surface area contributed by atoms with Crippen LogP contribution in [0.4, 0.5) is 0 Å². The summed E-state index contributed by atoms with van der Waals surface area (Å²) >= 11 is 0. The Morgan fingerprint density at radius 2 is 1.76 bits per heavy atom. The molecule has 0 aliphatic carbocycles. The summed E-state index contributed by atoms with van der Waals surface area (Å²) in [5.41, 5.74) is 1.70. The van der Waals surface area contributed by atoms with Crippen LogP contribution in [0.25, 0.3) is 0 Å². The number of aryl methyl sites for hydroxylation is 2. The molecular weight excluding hydrogens is 242 g/mol. The number of methoxy groups -OCH3 is 1. The summed E-state index contributed by atoms with van der Waals surface area (Å²) in [6, 6.07) is 4.97. The van der Waals surface area contributed by atoms with Crippen LogP contribution in [-0.4, -0.2) is 28.0 Å². The van der Waals surface area contributed by atoms with E-state index in [0.717, 1.165) is 11.1 Å². The lowest BCUT2D eigenvalue weighted by Gasteiger charge is -2.07. The van der Waals surface area contributed by atoms with E-state index in [2.05, 4.69) is 9.46 Å². The molecule has 0 spiro atoms. The van der Waals surface area contributed by atoms with Gasteiger partial charge in [0.2, 0.25) is 10.0 Å². The van der Waals surface area contributed by atoms with Gasteiger partial charge < -0.3 is 4.74 Å². The Labute approximate surface area is 101 Å². The topological polar surface area (TPSA) is 72.5 Å². The van der Waals surface area contributed by atoms with Gasteiger partial charge in [0.25, 0.3) is 0 Å². The van der Waals surface area contributed by atoms with Crippen molar-refractivity contribution in [2.24, 2.45) is 0 Å². The molecule has 0 bridgehead atoms. The number of carbonyl (C=O) groups excluding carboxylic acids is 1. The molecule has 1 aromatic rings. The van der Waals surface area contributed by atoms with E-state index >= 15 is 0 Å². The van der Waals surface area contributed by atoms with Crippen LogP contribution < -0.4 is 4.72 Å². The Hall–Kier alpha value is -1.40. The molecule has 0 unspecified atom stereocenters. The van der Waals surface area contributed by atoms with E-state index in [1.807, 2.05) is 19.9 Å². The Morgan fingerprint density at radius 1 is 1.24 bits per heavy atom. The third kappa shape index (κ3) is 3.83. The largest absolute Gasteiger partial charge is 0.468 e. The molecule has 0 radical (unpaired) electrons. The number of nitrogens with one attached hydrogen (secondary N) is 1. The predicted octanol–water partition coefficient (Wildman–Crippen LogP) is 0.755.